The van der Waals surface area contributed by atoms with Gasteiger partial charge in [-0.3, -0.25) is 9.67 Å². The molecule has 0 N–H and O–H groups in total. The van der Waals surface area contributed by atoms with Gasteiger partial charge in [0.2, 0.25) is 0 Å². The molecule has 0 saturated carbocycles. The van der Waals surface area contributed by atoms with E-state index in [1.54, 1.807) is 0 Å². The number of hydrogen-bond donors (Lipinski definition) is 0. The zero-order valence-corrected chi connectivity index (χ0v) is 10.8. The molecule has 5 heteroatoms. The summed E-state index contributed by atoms with van der Waals surface area (Å²) in [4.78, 5) is 8.55. The van der Waals surface area contributed by atoms with Crippen molar-refractivity contribution in [2.24, 2.45) is 4.99 Å². The summed E-state index contributed by atoms with van der Waals surface area (Å²) in [6.45, 7) is 3.60. The fourth-order valence-corrected chi connectivity index (χ4v) is 1.52. The molecule has 1 heterocycles. The van der Waals surface area contributed by atoms with Crippen molar-refractivity contribution in [1.29, 1.82) is 0 Å². The van der Waals surface area contributed by atoms with Gasteiger partial charge in [-0.2, -0.15) is 5.10 Å². The standard InChI is InChI=1S/C11H21N5/c1-10-8-13-16(9-10)7-6-12-11(14(2)3)15(4)5/h8-9H,6-7H2,1-5H3. The van der Waals surface area contributed by atoms with Crippen LogP contribution < -0.4 is 0 Å². The summed E-state index contributed by atoms with van der Waals surface area (Å²) < 4.78 is 1.92. The first-order valence-corrected chi connectivity index (χ1v) is 5.39. The number of aryl methyl sites for hydroxylation is 1. The van der Waals surface area contributed by atoms with Crippen molar-refractivity contribution in [3.63, 3.8) is 0 Å². The summed E-state index contributed by atoms with van der Waals surface area (Å²) in [6, 6.07) is 0. The first-order chi connectivity index (χ1) is 7.50. The first-order valence-electron chi connectivity index (χ1n) is 5.39. The second-order valence-electron chi connectivity index (χ2n) is 4.25. The SMILES string of the molecule is Cc1cnn(CCN=C(N(C)C)N(C)C)c1. The van der Waals surface area contributed by atoms with Gasteiger partial charge in [0.05, 0.1) is 19.3 Å². The molecule has 0 amide bonds. The van der Waals surface area contributed by atoms with E-state index >= 15 is 0 Å². The molecular formula is C11H21N5. The average Bonchev–Trinajstić information content (AvgIpc) is 2.57. The minimum Gasteiger partial charge on any atom is -0.349 e. The number of hydrogen-bond acceptors (Lipinski definition) is 2. The van der Waals surface area contributed by atoms with E-state index in [9.17, 15) is 0 Å². The highest BCUT2D eigenvalue weighted by Gasteiger charge is 2.03. The molecule has 1 aromatic rings. The number of rotatable bonds is 3. The summed E-state index contributed by atoms with van der Waals surface area (Å²) in [5.74, 6) is 0.976. The Kier molecular flexibility index (Phi) is 4.34. The van der Waals surface area contributed by atoms with Gasteiger partial charge in [-0.15, -0.1) is 0 Å². The van der Waals surface area contributed by atoms with Gasteiger partial charge in [-0.25, -0.2) is 0 Å². The van der Waals surface area contributed by atoms with Crippen LogP contribution in [0, 0.1) is 6.92 Å². The van der Waals surface area contributed by atoms with Gasteiger partial charge in [0.15, 0.2) is 5.96 Å². The quantitative estimate of drug-likeness (QED) is 0.558. The highest BCUT2D eigenvalue weighted by atomic mass is 15.3. The van der Waals surface area contributed by atoms with Gasteiger partial charge in [0, 0.05) is 34.4 Å². The van der Waals surface area contributed by atoms with Crippen molar-refractivity contribution in [2.75, 3.05) is 34.7 Å². The van der Waals surface area contributed by atoms with Crippen LogP contribution in [0.3, 0.4) is 0 Å². The van der Waals surface area contributed by atoms with Crippen LogP contribution >= 0.6 is 0 Å². The predicted molar refractivity (Wildman–Crippen MR) is 66.6 cm³/mol. The third kappa shape index (κ3) is 3.56. The smallest absolute Gasteiger partial charge is 0.195 e. The molecule has 1 rings (SSSR count). The summed E-state index contributed by atoms with van der Waals surface area (Å²) >= 11 is 0. The van der Waals surface area contributed by atoms with Crippen molar-refractivity contribution < 1.29 is 0 Å². The molecule has 16 heavy (non-hydrogen) atoms. The molecule has 0 aromatic carbocycles. The minimum absolute atomic E-state index is 0.743. The molecule has 0 atom stereocenters. The van der Waals surface area contributed by atoms with Crippen molar-refractivity contribution >= 4 is 5.96 Å². The van der Waals surface area contributed by atoms with E-state index in [4.69, 9.17) is 0 Å². The average molecular weight is 223 g/mol. The Morgan fingerprint density at radius 1 is 1.31 bits per heavy atom. The lowest BCUT2D eigenvalue weighted by atomic mass is 10.4. The van der Waals surface area contributed by atoms with Crippen molar-refractivity contribution in [2.45, 2.75) is 13.5 Å². The second-order valence-corrected chi connectivity index (χ2v) is 4.25. The monoisotopic (exact) mass is 223 g/mol. The molecule has 0 aliphatic carbocycles. The summed E-state index contributed by atoms with van der Waals surface area (Å²) in [6.07, 6.45) is 3.89. The molecule has 5 nitrogen and oxygen atoms in total. The van der Waals surface area contributed by atoms with Crippen LogP contribution in [-0.4, -0.2) is 60.3 Å². The van der Waals surface area contributed by atoms with E-state index in [0.717, 1.165) is 19.0 Å². The van der Waals surface area contributed by atoms with E-state index in [-0.39, 0.29) is 0 Å². The van der Waals surface area contributed by atoms with E-state index in [2.05, 4.69) is 10.1 Å². The lowest BCUT2D eigenvalue weighted by molar-refractivity contribution is 0.476. The van der Waals surface area contributed by atoms with Gasteiger partial charge < -0.3 is 9.80 Å². The van der Waals surface area contributed by atoms with Crippen LogP contribution in [0.1, 0.15) is 5.56 Å². The highest BCUT2D eigenvalue weighted by Crippen LogP contribution is 1.95. The highest BCUT2D eigenvalue weighted by molar-refractivity contribution is 5.79. The normalized spacial score (nSPS) is 10.1. The Morgan fingerprint density at radius 3 is 2.38 bits per heavy atom. The van der Waals surface area contributed by atoms with Crippen LogP contribution in [0.5, 0.6) is 0 Å². The lowest BCUT2D eigenvalue weighted by Gasteiger charge is -2.22. The van der Waals surface area contributed by atoms with Gasteiger partial charge >= 0.3 is 0 Å². The van der Waals surface area contributed by atoms with Crippen LogP contribution in [0.4, 0.5) is 0 Å². The molecule has 0 bridgehead atoms. The Balaban J connectivity index is 2.51. The predicted octanol–water partition coefficient (Wildman–Crippen LogP) is 0.671. The van der Waals surface area contributed by atoms with E-state index in [0.29, 0.717) is 0 Å². The van der Waals surface area contributed by atoms with Crippen LogP contribution in [-0.2, 0) is 6.54 Å². The third-order valence-corrected chi connectivity index (χ3v) is 2.14. The zero-order valence-electron chi connectivity index (χ0n) is 10.8. The number of aromatic nitrogens is 2. The lowest BCUT2D eigenvalue weighted by Crippen LogP contribution is -2.35. The maximum Gasteiger partial charge on any atom is 0.195 e. The first kappa shape index (κ1) is 12.5. The summed E-state index contributed by atoms with van der Waals surface area (Å²) in [5.41, 5.74) is 1.18. The van der Waals surface area contributed by atoms with Gasteiger partial charge in [0.1, 0.15) is 0 Å². The van der Waals surface area contributed by atoms with E-state index in [1.165, 1.54) is 5.56 Å². The summed E-state index contributed by atoms with van der Waals surface area (Å²) in [7, 11) is 7.99. The fraction of sp³-hybridized carbons (Fsp3) is 0.636. The zero-order chi connectivity index (χ0) is 12.1. The molecule has 0 spiro atoms. The number of aliphatic imine (C=N–C) groups is 1. The van der Waals surface area contributed by atoms with Crippen molar-refractivity contribution in [1.82, 2.24) is 19.6 Å². The maximum atomic E-state index is 4.53. The van der Waals surface area contributed by atoms with Crippen LogP contribution in [0.2, 0.25) is 0 Å². The number of guanidine groups is 1. The van der Waals surface area contributed by atoms with Crippen molar-refractivity contribution in [3.05, 3.63) is 18.0 Å². The molecule has 0 aliphatic rings. The molecule has 0 fully saturated rings. The molecule has 0 unspecified atom stereocenters. The van der Waals surface area contributed by atoms with Crippen molar-refractivity contribution in [3.8, 4) is 0 Å². The maximum absolute atomic E-state index is 4.53. The Bertz CT molecular complexity index is 341. The minimum atomic E-state index is 0.743. The largest absolute Gasteiger partial charge is 0.349 e. The molecular weight excluding hydrogens is 202 g/mol. The van der Waals surface area contributed by atoms with E-state index < -0.39 is 0 Å². The van der Waals surface area contributed by atoms with Gasteiger partial charge in [0.25, 0.3) is 0 Å². The molecule has 0 radical (unpaired) electrons. The molecule has 0 aliphatic heterocycles. The van der Waals surface area contributed by atoms with Crippen LogP contribution in [0.15, 0.2) is 17.4 Å². The van der Waals surface area contributed by atoms with Crippen LogP contribution in [0.25, 0.3) is 0 Å². The third-order valence-electron chi connectivity index (χ3n) is 2.14. The van der Waals surface area contributed by atoms with Gasteiger partial charge in [-0.1, -0.05) is 0 Å². The Hall–Kier alpha value is -1.52. The topological polar surface area (TPSA) is 36.7 Å². The Labute approximate surface area is 97.4 Å². The molecule has 90 valence electrons. The molecule has 0 saturated heterocycles. The fourth-order valence-electron chi connectivity index (χ4n) is 1.52. The van der Waals surface area contributed by atoms with Gasteiger partial charge in [-0.05, 0) is 12.5 Å². The number of nitrogens with zero attached hydrogens (tertiary/aromatic N) is 5. The Morgan fingerprint density at radius 2 is 1.94 bits per heavy atom. The van der Waals surface area contributed by atoms with E-state index in [1.807, 2.05) is 62.0 Å². The molecule has 1 aromatic heterocycles. The second kappa shape index (κ2) is 5.53. The summed E-state index contributed by atoms with van der Waals surface area (Å²) in [5, 5.41) is 4.22.